The number of aliphatic carboxylic acids is 1. The lowest BCUT2D eigenvalue weighted by Gasteiger charge is -2.26. The third-order valence-electron chi connectivity index (χ3n) is 4.73. The van der Waals surface area contributed by atoms with E-state index in [1.54, 1.807) is 12.1 Å². The highest BCUT2D eigenvalue weighted by Gasteiger charge is 2.29. The molecule has 0 aliphatic carbocycles. The van der Waals surface area contributed by atoms with E-state index in [-0.39, 0.29) is 26.7 Å². The predicted molar refractivity (Wildman–Crippen MR) is 130 cm³/mol. The second-order valence-electron chi connectivity index (χ2n) is 7.13. The molecule has 3 rings (SSSR count). The van der Waals surface area contributed by atoms with Crippen molar-refractivity contribution >= 4 is 56.7 Å². The average molecular weight is 504 g/mol. The van der Waals surface area contributed by atoms with Gasteiger partial charge in [0.1, 0.15) is 0 Å². The maximum atomic E-state index is 13.6. The van der Waals surface area contributed by atoms with Crippen LogP contribution in [0.25, 0.3) is 6.08 Å². The number of carbonyl (C=O) groups excluding carboxylic acids is 1. The smallest absolute Gasteiger partial charge is 0.328 e. The molecule has 3 aromatic carbocycles. The Balaban J connectivity index is 2.16. The van der Waals surface area contributed by atoms with E-state index in [4.69, 9.17) is 28.3 Å². The van der Waals surface area contributed by atoms with Crippen LogP contribution in [-0.2, 0) is 14.8 Å². The van der Waals surface area contributed by atoms with Gasteiger partial charge in [-0.1, -0.05) is 47.0 Å². The molecule has 3 aromatic rings. The quantitative estimate of drug-likeness (QED) is 0.324. The van der Waals surface area contributed by atoms with Gasteiger partial charge >= 0.3 is 5.97 Å². The van der Waals surface area contributed by atoms with Crippen LogP contribution in [0.5, 0.6) is 0 Å². The number of hydrogen-bond acceptors (Lipinski definition) is 4. The molecule has 0 fully saturated rings. The highest BCUT2D eigenvalue weighted by atomic mass is 35.5. The summed E-state index contributed by atoms with van der Waals surface area (Å²) in [7, 11) is -4.21. The maximum Gasteiger partial charge on any atom is 0.328 e. The van der Waals surface area contributed by atoms with Gasteiger partial charge in [0.2, 0.25) is 0 Å². The van der Waals surface area contributed by atoms with Crippen molar-refractivity contribution in [2.75, 3.05) is 10.8 Å². The number of sulfonamides is 1. The van der Waals surface area contributed by atoms with Crippen molar-refractivity contribution in [3.63, 3.8) is 0 Å². The molecule has 0 saturated heterocycles. The Kier molecular flexibility index (Phi) is 7.58. The van der Waals surface area contributed by atoms with Crippen LogP contribution in [-0.4, -0.2) is 31.8 Å². The summed E-state index contributed by atoms with van der Waals surface area (Å²) in [5, 5.41) is 9.69. The van der Waals surface area contributed by atoms with Gasteiger partial charge in [-0.3, -0.25) is 9.10 Å². The number of carbonyl (C=O) groups is 2. The average Bonchev–Trinajstić information content (AvgIpc) is 2.77. The van der Waals surface area contributed by atoms with Crippen LogP contribution in [0, 0.1) is 6.92 Å². The third-order valence-corrected chi connectivity index (χ3v) is 6.99. The number of rotatable bonds is 8. The minimum Gasteiger partial charge on any atom is -0.478 e. The number of ketones is 1. The third kappa shape index (κ3) is 6.01. The number of aryl methyl sites for hydroxylation is 1. The molecule has 33 heavy (non-hydrogen) atoms. The summed E-state index contributed by atoms with van der Waals surface area (Å²) in [6, 6.07) is 16.6. The summed E-state index contributed by atoms with van der Waals surface area (Å²) >= 11 is 12.0. The van der Waals surface area contributed by atoms with E-state index in [0.717, 1.165) is 15.9 Å². The number of anilines is 1. The normalized spacial score (nSPS) is 11.5. The first-order valence-corrected chi connectivity index (χ1v) is 11.9. The minimum atomic E-state index is -4.21. The molecule has 0 aliphatic rings. The largest absolute Gasteiger partial charge is 0.478 e. The van der Waals surface area contributed by atoms with Crippen LogP contribution in [0.1, 0.15) is 21.5 Å². The van der Waals surface area contributed by atoms with Gasteiger partial charge in [-0.25, -0.2) is 13.2 Å². The number of nitrogens with zero attached hydrogens (tertiary/aromatic N) is 1. The van der Waals surface area contributed by atoms with Crippen molar-refractivity contribution < 1.29 is 23.1 Å². The van der Waals surface area contributed by atoms with Crippen molar-refractivity contribution in [2.24, 2.45) is 0 Å². The van der Waals surface area contributed by atoms with Gasteiger partial charge in [0.05, 0.1) is 17.1 Å². The molecule has 0 aromatic heterocycles. The Bertz CT molecular complexity index is 1320. The molecule has 0 heterocycles. The first kappa shape index (κ1) is 24.5. The minimum absolute atomic E-state index is 0.0230. The van der Waals surface area contributed by atoms with Gasteiger partial charge in [-0.2, -0.15) is 0 Å². The summed E-state index contributed by atoms with van der Waals surface area (Å²) < 4.78 is 28.2. The number of carboxylic acid groups (broad SMARTS) is 1. The molecule has 1 N–H and O–H groups in total. The van der Waals surface area contributed by atoms with Gasteiger partial charge in [-0.05, 0) is 67.1 Å². The van der Waals surface area contributed by atoms with Crippen LogP contribution in [0.4, 0.5) is 5.69 Å². The molecule has 170 valence electrons. The van der Waals surface area contributed by atoms with Gasteiger partial charge in [0.15, 0.2) is 5.78 Å². The first-order chi connectivity index (χ1) is 15.6. The Morgan fingerprint density at radius 3 is 2.15 bits per heavy atom. The van der Waals surface area contributed by atoms with Gasteiger partial charge in [-0.15, -0.1) is 0 Å². The van der Waals surface area contributed by atoms with Crippen molar-refractivity contribution in [1.29, 1.82) is 0 Å². The summed E-state index contributed by atoms with van der Waals surface area (Å²) in [6.45, 7) is 1.29. The monoisotopic (exact) mass is 503 g/mol. The fourth-order valence-electron chi connectivity index (χ4n) is 3.03. The van der Waals surface area contributed by atoms with Crippen LogP contribution in [0.15, 0.2) is 77.7 Å². The summed E-state index contributed by atoms with van der Waals surface area (Å²) in [5.74, 6) is -1.68. The molecule has 0 aliphatic heterocycles. The SMILES string of the molecule is Cc1ccc(S(=O)(=O)N(CC(=O)c2ccc(Cl)cc2)c2cc(Cl)ccc2/C=C/C(=O)O)cc1. The standard InChI is InChI=1S/C24H19Cl2NO5S/c1-16-2-11-21(12-3-16)33(31,32)27(15-23(28)18-5-8-19(25)9-6-18)22-14-20(26)10-4-17(22)7-13-24(29)30/h2-14H,15H2,1H3,(H,29,30)/b13-7+. The molecule has 0 unspecified atom stereocenters. The molecule has 6 nitrogen and oxygen atoms in total. The fourth-order valence-corrected chi connectivity index (χ4v) is 4.76. The van der Waals surface area contributed by atoms with E-state index in [1.807, 2.05) is 6.92 Å². The lowest BCUT2D eigenvalue weighted by atomic mass is 10.1. The number of hydrogen-bond donors (Lipinski definition) is 1. The highest BCUT2D eigenvalue weighted by molar-refractivity contribution is 7.92. The van der Waals surface area contributed by atoms with Crippen LogP contribution in [0.3, 0.4) is 0 Å². The molecular formula is C24H19Cl2NO5S. The van der Waals surface area contributed by atoms with Crippen molar-refractivity contribution in [1.82, 2.24) is 0 Å². The van der Waals surface area contributed by atoms with E-state index in [0.29, 0.717) is 5.02 Å². The zero-order valence-corrected chi connectivity index (χ0v) is 19.7. The Labute approximate surface area is 201 Å². The van der Waals surface area contributed by atoms with Gasteiger partial charge in [0.25, 0.3) is 10.0 Å². The molecule has 0 atom stereocenters. The topological polar surface area (TPSA) is 91.8 Å². The zero-order valence-electron chi connectivity index (χ0n) is 17.4. The number of benzene rings is 3. The van der Waals surface area contributed by atoms with Gasteiger partial charge in [0, 0.05) is 21.7 Å². The van der Waals surface area contributed by atoms with Crippen LogP contribution >= 0.6 is 23.2 Å². The molecule has 0 amide bonds. The number of halogens is 2. The summed E-state index contributed by atoms with van der Waals surface area (Å²) in [5.41, 5.74) is 1.48. The van der Waals surface area contributed by atoms with Crippen molar-refractivity contribution in [3.05, 3.63) is 99.5 Å². The Morgan fingerprint density at radius 1 is 0.939 bits per heavy atom. The zero-order chi connectivity index (χ0) is 24.2. The molecule has 0 saturated carbocycles. The lowest BCUT2D eigenvalue weighted by molar-refractivity contribution is -0.131. The summed E-state index contributed by atoms with van der Waals surface area (Å²) in [6.07, 6.45) is 2.13. The lowest BCUT2D eigenvalue weighted by Crippen LogP contribution is -2.36. The van der Waals surface area contributed by atoms with E-state index in [1.165, 1.54) is 60.7 Å². The van der Waals surface area contributed by atoms with E-state index in [9.17, 15) is 18.0 Å². The Morgan fingerprint density at radius 2 is 1.55 bits per heavy atom. The van der Waals surface area contributed by atoms with E-state index >= 15 is 0 Å². The van der Waals surface area contributed by atoms with Gasteiger partial charge < -0.3 is 5.11 Å². The number of carboxylic acids is 1. The molecule has 0 bridgehead atoms. The van der Waals surface area contributed by atoms with E-state index in [2.05, 4.69) is 0 Å². The van der Waals surface area contributed by atoms with E-state index < -0.39 is 28.3 Å². The molecule has 0 spiro atoms. The fraction of sp³-hybridized carbons (Fsp3) is 0.0833. The second kappa shape index (κ2) is 10.2. The maximum absolute atomic E-state index is 13.6. The highest BCUT2D eigenvalue weighted by Crippen LogP contribution is 2.31. The molecule has 0 radical (unpaired) electrons. The second-order valence-corrected chi connectivity index (χ2v) is 9.86. The number of Topliss-reactive ketones (excluding diaryl/α,β-unsaturated/α-hetero) is 1. The Hall–Kier alpha value is -3.13. The molecule has 9 heteroatoms. The van der Waals surface area contributed by atoms with Crippen molar-refractivity contribution in [2.45, 2.75) is 11.8 Å². The first-order valence-electron chi connectivity index (χ1n) is 9.66. The molecular weight excluding hydrogens is 485 g/mol. The summed E-state index contributed by atoms with van der Waals surface area (Å²) in [4.78, 5) is 24.1. The predicted octanol–water partition coefficient (Wildman–Crippen LogP) is 5.48. The van der Waals surface area contributed by atoms with Crippen LogP contribution in [0.2, 0.25) is 10.0 Å². The van der Waals surface area contributed by atoms with Crippen LogP contribution < -0.4 is 4.31 Å². The van der Waals surface area contributed by atoms with Crippen molar-refractivity contribution in [3.8, 4) is 0 Å².